The van der Waals surface area contributed by atoms with Crippen LogP contribution in [-0.4, -0.2) is 27.1 Å². The van der Waals surface area contributed by atoms with E-state index in [2.05, 4.69) is 4.98 Å². The van der Waals surface area contributed by atoms with Crippen LogP contribution in [-0.2, 0) is 4.79 Å². The van der Waals surface area contributed by atoms with Gasteiger partial charge in [0.25, 0.3) is 0 Å². The molecule has 74 valence electrons. The third-order valence-corrected chi connectivity index (χ3v) is 2.50. The van der Waals surface area contributed by atoms with Gasteiger partial charge in [0.1, 0.15) is 4.88 Å². The van der Waals surface area contributed by atoms with Gasteiger partial charge in [-0.3, -0.25) is 0 Å². The maximum absolute atomic E-state index is 10.6. The van der Waals surface area contributed by atoms with Crippen molar-refractivity contribution >= 4 is 41.6 Å². The Kier molecular flexibility index (Phi) is 3.15. The number of carboxylic acid groups (broad SMARTS) is 2. The molecule has 0 aliphatic heterocycles. The van der Waals surface area contributed by atoms with Crippen LogP contribution < -0.4 is 0 Å². The fourth-order valence-corrected chi connectivity index (χ4v) is 1.79. The number of aromatic nitrogens is 1. The molecular weight excluding hydrogens is 226 g/mol. The monoisotopic (exact) mass is 231 g/mol. The summed E-state index contributed by atoms with van der Waals surface area (Å²) >= 11 is 5.63. The summed E-state index contributed by atoms with van der Waals surface area (Å²) in [7, 11) is 0. The summed E-state index contributed by atoms with van der Waals surface area (Å²) in [5, 5.41) is 17.0. The van der Waals surface area contributed by atoms with Crippen LogP contribution in [0.25, 0.3) is 6.08 Å². The van der Waals surface area contributed by atoms with Gasteiger partial charge in [-0.1, -0.05) is 11.3 Å². The van der Waals surface area contributed by atoms with Crippen molar-refractivity contribution in [3.8, 4) is 0 Å². The molecular formula is C7H5NO4S2. The molecule has 0 aliphatic rings. The molecule has 0 atom stereocenters. The lowest BCUT2D eigenvalue weighted by molar-refractivity contribution is -0.131. The zero-order valence-corrected chi connectivity index (χ0v) is 8.32. The summed E-state index contributed by atoms with van der Waals surface area (Å²) in [6, 6.07) is 0. The smallest absolute Gasteiger partial charge is 0.348 e. The first-order valence-corrected chi connectivity index (χ1v) is 4.60. The maximum Gasteiger partial charge on any atom is 0.348 e. The van der Waals surface area contributed by atoms with Crippen LogP contribution in [0, 0.1) is 3.95 Å². The van der Waals surface area contributed by atoms with Crippen LogP contribution in [0.1, 0.15) is 15.4 Å². The zero-order chi connectivity index (χ0) is 10.7. The number of hydrogen-bond donors (Lipinski definition) is 3. The molecule has 0 aromatic carbocycles. The number of aromatic amines is 1. The number of carboxylic acids is 2. The number of carbonyl (C=O) groups is 2. The van der Waals surface area contributed by atoms with Crippen molar-refractivity contribution in [2.45, 2.75) is 0 Å². The lowest BCUT2D eigenvalue weighted by atomic mass is 10.3. The molecule has 1 heterocycles. The van der Waals surface area contributed by atoms with Crippen LogP contribution in [0.2, 0.25) is 0 Å². The standard InChI is InChI=1S/C7H5NO4S2/c9-4(10)2-1-3-5(6(11)12)14-7(13)8-3/h1-2H,(H,8,13)(H,9,10)(H,11,12)/b2-1-. The van der Waals surface area contributed by atoms with Crippen molar-refractivity contribution in [2.24, 2.45) is 0 Å². The van der Waals surface area contributed by atoms with Crippen LogP contribution in [0.5, 0.6) is 0 Å². The van der Waals surface area contributed by atoms with E-state index >= 15 is 0 Å². The van der Waals surface area contributed by atoms with Gasteiger partial charge in [0.15, 0.2) is 3.95 Å². The SMILES string of the molecule is O=C(O)/C=C\c1[nH]c(=S)sc1C(=O)O. The Bertz CT molecular complexity index is 457. The van der Waals surface area contributed by atoms with Crippen LogP contribution in [0.4, 0.5) is 0 Å². The molecule has 14 heavy (non-hydrogen) atoms. The fourth-order valence-electron chi connectivity index (χ4n) is 0.771. The number of thiazole rings is 1. The van der Waals surface area contributed by atoms with Crippen LogP contribution in [0.15, 0.2) is 6.08 Å². The Morgan fingerprint density at radius 3 is 2.57 bits per heavy atom. The first-order valence-electron chi connectivity index (χ1n) is 3.38. The van der Waals surface area contributed by atoms with Gasteiger partial charge >= 0.3 is 11.9 Å². The largest absolute Gasteiger partial charge is 0.478 e. The van der Waals surface area contributed by atoms with Crippen molar-refractivity contribution in [2.75, 3.05) is 0 Å². The minimum absolute atomic E-state index is 0.00694. The second-order valence-electron chi connectivity index (χ2n) is 2.23. The zero-order valence-electron chi connectivity index (χ0n) is 6.68. The predicted molar refractivity (Wildman–Crippen MR) is 53.1 cm³/mol. The maximum atomic E-state index is 10.6. The minimum atomic E-state index is -1.15. The number of nitrogens with one attached hydrogen (secondary N) is 1. The van der Waals surface area contributed by atoms with Gasteiger partial charge in [-0.25, -0.2) is 9.59 Å². The third-order valence-electron chi connectivity index (χ3n) is 1.26. The summed E-state index contributed by atoms with van der Waals surface area (Å²) in [6.45, 7) is 0. The van der Waals surface area contributed by atoms with E-state index in [4.69, 9.17) is 22.4 Å². The molecule has 7 heteroatoms. The second-order valence-corrected chi connectivity index (χ2v) is 3.92. The highest BCUT2D eigenvalue weighted by Gasteiger charge is 2.11. The van der Waals surface area contributed by atoms with Gasteiger partial charge in [-0.05, 0) is 18.3 Å². The molecule has 0 unspecified atom stereocenters. The summed E-state index contributed by atoms with van der Waals surface area (Å²) in [5.74, 6) is -2.28. The van der Waals surface area contributed by atoms with Crippen molar-refractivity contribution in [1.82, 2.24) is 4.98 Å². The summed E-state index contributed by atoms with van der Waals surface area (Å²) in [4.78, 5) is 23.4. The van der Waals surface area contributed by atoms with E-state index in [-0.39, 0.29) is 10.6 Å². The molecule has 0 fully saturated rings. The van der Waals surface area contributed by atoms with E-state index in [9.17, 15) is 9.59 Å². The number of aromatic carboxylic acids is 1. The Labute approximate surface area is 87.3 Å². The average Bonchev–Trinajstić information content (AvgIpc) is 2.43. The van der Waals surface area contributed by atoms with E-state index < -0.39 is 11.9 Å². The van der Waals surface area contributed by atoms with Gasteiger partial charge in [0.05, 0.1) is 5.69 Å². The fraction of sp³-hybridized carbons (Fsp3) is 0. The normalized spacial score (nSPS) is 10.6. The van der Waals surface area contributed by atoms with Crippen molar-refractivity contribution < 1.29 is 19.8 Å². The highest BCUT2D eigenvalue weighted by atomic mass is 32.1. The van der Waals surface area contributed by atoms with E-state index in [0.29, 0.717) is 3.95 Å². The second kappa shape index (κ2) is 4.16. The Morgan fingerprint density at radius 2 is 2.07 bits per heavy atom. The van der Waals surface area contributed by atoms with Crippen molar-refractivity contribution in [3.63, 3.8) is 0 Å². The first-order chi connectivity index (χ1) is 6.50. The van der Waals surface area contributed by atoms with E-state index in [1.807, 2.05) is 0 Å². The number of rotatable bonds is 3. The molecule has 1 aromatic rings. The number of H-pyrrole nitrogens is 1. The molecule has 5 nitrogen and oxygen atoms in total. The molecule has 1 rings (SSSR count). The molecule has 0 amide bonds. The quantitative estimate of drug-likeness (QED) is 0.543. The number of aliphatic carboxylic acids is 1. The average molecular weight is 231 g/mol. The number of hydrogen-bond acceptors (Lipinski definition) is 4. The highest BCUT2D eigenvalue weighted by Crippen LogP contribution is 2.16. The molecule has 0 spiro atoms. The minimum Gasteiger partial charge on any atom is -0.478 e. The summed E-state index contributed by atoms with van der Waals surface area (Å²) in [6.07, 6.45) is 2.01. The molecule has 3 N–H and O–H groups in total. The van der Waals surface area contributed by atoms with E-state index in [1.54, 1.807) is 0 Å². The lowest BCUT2D eigenvalue weighted by Crippen LogP contribution is -1.95. The Morgan fingerprint density at radius 1 is 1.43 bits per heavy atom. The van der Waals surface area contributed by atoms with E-state index in [0.717, 1.165) is 23.5 Å². The van der Waals surface area contributed by atoms with Gasteiger partial charge < -0.3 is 15.2 Å². The summed E-state index contributed by atoms with van der Waals surface area (Å²) in [5.41, 5.74) is 0.204. The molecule has 0 bridgehead atoms. The van der Waals surface area contributed by atoms with Crippen molar-refractivity contribution in [1.29, 1.82) is 0 Å². The molecule has 0 saturated carbocycles. The molecule has 0 radical (unpaired) electrons. The van der Waals surface area contributed by atoms with Crippen molar-refractivity contribution in [3.05, 3.63) is 20.6 Å². The van der Waals surface area contributed by atoms with Gasteiger partial charge in [0, 0.05) is 6.08 Å². The molecule has 0 aliphatic carbocycles. The van der Waals surface area contributed by atoms with Crippen LogP contribution in [0.3, 0.4) is 0 Å². The van der Waals surface area contributed by atoms with E-state index in [1.165, 1.54) is 0 Å². The summed E-state index contributed by atoms with van der Waals surface area (Å²) < 4.78 is 0.299. The Hall–Kier alpha value is -1.47. The highest BCUT2D eigenvalue weighted by molar-refractivity contribution is 7.73. The van der Waals surface area contributed by atoms with Gasteiger partial charge in [0.2, 0.25) is 0 Å². The van der Waals surface area contributed by atoms with Gasteiger partial charge in [-0.15, -0.1) is 0 Å². The predicted octanol–water partition coefficient (Wildman–Crippen LogP) is 1.60. The first kappa shape index (κ1) is 10.6. The molecule has 1 aromatic heterocycles. The molecule has 0 saturated heterocycles. The lowest BCUT2D eigenvalue weighted by Gasteiger charge is -1.89. The Balaban J connectivity index is 3.14. The van der Waals surface area contributed by atoms with Crippen LogP contribution >= 0.6 is 23.6 Å². The van der Waals surface area contributed by atoms with Gasteiger partial charge in [-0.2, -0.15) is 0 Å². The topological polar surface area (TPSA) is 90.4 Å². The third kappa shape index (κ3) is 2.51.